The van der Waals surface area contributed by atoms with E-state index in [0.29, 0.717) is 11.2 Å². The van der Waals surface area contributed by atoms with Crippen molar-refractivity contribution >= 4 is 17.0 Å². The van der Waals surface area contributed by atoms with E-state index in [1.54, 1.807) is 0 Å². The zero-order valence-corrected chi connectivity index (χ0v) is 10.9. The molecule has 3 rings (SSSR count). The molecule has 1 unspecified atom stereocenters. The Labute approximate surface area is 118 Å². The monoisotopic (exact) mass is 296 g/mol. The SMILES string of the molecule is Nc1nc(C2O[C@H]([C@H](O)CO)[C@H](O)[C@H]2N)nc2nc[nH]c12. The van der Waals surface area contributed by atoms with Crippen LogP contribution in [0, 0.1) is 0 Å². The maximum Gasteiger partial charge on any atom is 0.183 e. The highest BCUT2D eigenvalue weighted by Gasteiger charge is 2.46. The van der Waals surface area contributed by atoms with Gasteiger partial charge in [-0.25, -0.2) is 15.0 Å². The Morgan fingerprint density at radius 3 is 2.90 bits per heavy atom. The smallest absolute Gasteiger partial charge is 0.183 e. The third-order valence-corrected chi connectivity index (χ3v) is 3.54. The van der Waals surface area contributed by atoms with Gasteiger partial charge in [-0.15, -0.1) is 0 Å². The Morgan fingerprint density at radius 1 is 1.43 bits per heavy atom. The molecule has 1 saturated heterocycles. The number of aliphatic hydroxyl groups excluding tert-OH is 3. The second-order valence-electron chi connectivity index (χ2n) is 4.91. The molecule has 2 aromatic heterocycles. The summed E-state index contributed by atoms with van der Waals surface area (Å²) >= 11 is 0. The van der Waals surface area contributed by atoms with Crippen molar-refractivity contribution in [2.24, 2.45) is 5.73 Å². The molecule has 114 valence electrons. The van der Waals surface area contributed by atoms with Gasteiger partial charge in [0.2, 0.25) is 0 Å². The Morgan fingerprint density at radius 2 is 2.19 bits per heavy atom. The summed E-state index contributed by atoms with van der Waals surface area (Å²) in [6.07, 6.45) is -2.84. The van der Waals surface area contributed by atoms with E-state index in [1.165, 1.54) is 6.33 Å². The summed E-state index contributed by atoms with van der Waals surface area (Å²) in [4.78, 5) is 15.1. The van der Waals surface area contributed by atoms with Gasteiger partial charge in [0.05, 0.1) is 19.0 Å². The number of aromatic amines is 1. The first-order chi connectivity index (χ1) is 10.0. The number of H-pyrrole nitrogens is 1. The number of nitrogens with two attached hydrogens (primary N) is 2. The molecule has 0 saturated carbocycles. The third kappa shape index (κ3) is 2.22. The van der Waals surface area contributed by atoms with E-state index in [2.05, 4.69) is 19.9 Å². The quantitative estimate of drug-likeness (QED) is 0.355. The van der Waals surface area contributed by atoms with Crippen molar-refractivity contribution in [1.29, 1.82) is 0 Å². The van der Waals surface area contributed by atoms with E-state index in [4.69, 9.17) is 21.3 Å². The van der Waals surface area contributed by atoms with Crippen LogP contribution in [0.5, 0.6) is 0 Å². The second-order valence-corrected chi connectivity index (χ2v) is 4.91. The number of imidazole rings is 1. The number of nitrogen functional groups attached to an aromatic ring is 1. The molecule has 0 aliphatic carbocycles. The standard InChI is InChI=1S/C11H16N6O4/c12-4-6(20)7(3(19)1-18)21-8(4)11-16-9(13)5-10(17-11)15-2-14-5/h2-4,6-8,18-20H,1,12H2,(H3,13,14,15,16,17)/t3-,4-,6-,7-,8?/m1/s1. The van der Waals surface area contributed by atoms with Gasteiger partial charge >= 0.3 is 0 Å². The minimum Gasteiger partial charge on any atom is -0.394 e. The van der Waals surface area contributed by atoms with E-state index >= 15 is 0 Å². The number of hydrogen-bond acceptors (Lipinski definition) is 9. The topological polar surface area (TPSA) is 176 Å². The number of aliphatic hydroxyl groups is 3. The van der Waals surface area contributed by atoms with Gasteiger partial charge in [0.25, 0.3) is 0 Å². The second kappa shape index (κ2) is 5.16. The Kier molecular flexibility index (Phi) is 3.47. The van der Waals surface area contributed by atoms with Crippen LogP contribution in [0.2, 0.25) is 0 Å². The molecule has 21 heavy (non-hydrogen) atoms. The van der Waals surface area contributed by atoms with Crippen LogP contribution in [-0.2, 0) is 4.74 Å². The summed E-state index contributed by atoms with van der Waals surface area (Å²) in [6.45, 7) is -0.553. The van der Waals surface area contributed by atoms with Gasteiger partial charge in [-0.3, -0.25) is 0 Å². The number of fused-ring (bicyclic) bond motifs is 1. The minimum absolute atomic E-state index is 0.172. The highest BCUT2D eigenvalue weighted by molar-refractivity contribution is 5.80. The molecule has 3 heterocycles. The Balaban J connectivity index is 1.95. The Bertz CT molecular complexity index is 649. The zero-order valence-electron chi connectivity index (χ0n) is 10.9. The molecule has 0 radical (unpaired) electrons. The van der Waals surface area contributed by atoms with Crippen LogP contribution < -0.4 is 11.5 Å². The van der Waals surface area contributed by atoms with Crippen LogP contribution in [0.15, 0.2) is 6.33 Å². The van der Waals surface area contributed by atoms with Crippen molar-refractivity contribution < 1.29 is 20.1 Å². The van der Waals surface area contributed by atoms with E-state index < -0.39 is 37.1 Å². The van der Waals surface area contributed by atoms with Crippen LogP contribution in [0.3, 0.4) is 0 Å². The fourth-order valence-electron chi connectivity index (χ4n) is 2.39. The van der Waals surface area contributed by atoms with Gasteiger partial charge in [0.1, 0.15) is 29.9 Å². The summed E-state index contributed by atoms with van der Waals surface area (Å²) in [6, 6.07) is -0.855. The normalized spacial score (nSPS) is 30.9. The van der Waals surface area contributed by atoms with Crippen LogP contribution in [0.25, 0.3) is 11.2 Å². The van der Waals surface area contributed by atoms with E-state index in [9.17, 15) is 10.2 Å². The van der Waals surface area contributed by atoms with Gasteiger partial charge in [-0.2, -0.15) is 0 Å². The first-order valence-corrected chi connectivity index (χ1v) is 6.37. The molecule has 0 bridgehead atoms. The predicted molar refractivity (Wildman–Crippen MR) is 70.8 cm³/mol. The number of nitrogens with zero attached hydrogens (tertiary/aromatic N) is 3. The fraction of sp³-hybridized carbons (Fsp3) is 0.545. The highest BCUT2D eigenvalue weighted by Crippen LogP contribution is 2.33. The number of hydrogen-bond donors (Lipinski definition) is 6. The first kappa shape index (κ1) is 14.1. The average Bonchev–Trinajstić information content (AvgIpc) is 3.05. The Hall–Kier alpha value is -1.85. The molecular formula is C11H16N6O4. The largest absolute Gasteiger partial charge is 0.394 e. The van der Waals surface area contributed by atoms with Crippen molar-refractivity contribution in [3.05, 3.63) is 12.2 Å². The maximum absolute atomic E-state index is 10.0. The first-order valence-electron chi connectivity index (χ1n) is 6.37. The molecular weight excluding hydrogens is 280 g/mol. The fourth-order valence-corrected chi connectivity index (χ4v) is 2.39. The van der Waals surface area contributed by atoms with E-state index in [0.717, 1.165) is 0 Å². The summed E-state index contributed by atoms with van der Waals surface area (Å²) < 4.78 is 5.50. The maximum atomic E-state index is 10.0. The summed E-state index contributed by atoms with van der Waals surface area (Å²) in [5, 5.41) is 28.6. The lowest BCUT2D eigenvalue weighted by Crippen LogP contribution is -2.43. The molecule has 0 spiro atoms. The number of nitrogens with one attached hydrogen (secondary N) is 1. The lowest BCUT2D eigenvalue weighted by atomic mass is 10.0. The number of aromatic nitrogens is 4. The molecule has 0 amide bonds. The summed E-state index contributed by atoms with van der Waals surface area (Å²) in [7, 11) is 0. The molecule has 10 heteroatoms. The van der Waals surface area contributed by atoms with Crippen molar-refractivity contribution in [2.75, 3.05) is 12.3 Å². The number of anilines is 1. The van der Waals surface area contributed by atoms with Gasteiger partial charge in [-0.05, 0) is 0 Å². The van der Waals surface area contributed by atoms with Crippen molar-refractivity contribution in [3.8, 4) is 0 Å². The molecule has 10 nitrogen and oxygen atoms in total. The van der Waals surface area contributed by atoms with Crippen molar-refractivity contribution in [2.45, 2.75) is 30.5 Å². The average molecular weight is 296 g/mol. The molecule has 5 atom stereocenters. The predicted octanol–water partition coefficient (Wildman–Crippen LogP) is -2.58. The third-order valence-electron chi connectivity index (χ3n) is 3.54. The van der Waals surface area contributed by atoms with Gasteiger partial charge in [0.15, 0.2) is 17.3 Å². The number of ether oxygens (including phenoxy) is 1. The van der Waals surface area contributed by atoms with E-state index in [1.807, 2.05) is 0 Å². The molecule has 1 aliphatic rings. The molecule has 1 fully saturated rings. The molecule has 8 N–H and O–H groups in total. The van der Waals surface area contributed by atoms with Crippen LogP contribution >= 0.6 is 0 Å². The highest BCUT2D eigenvalue weighted by atomic mass is 16.5. The lowest BCUT2D eigenvalue weighted by Gasteiger charge is -2.18. The summed E-state index contributed by atoms with van der Waals surface area (Å²) in [5.74, 6) is 0.357. The van der Waals surface area contributed by atoms with Crippen LogP contribution in [-0.4, -0.2) is 66.2 Å². The van der Waals surface area contributed by atoms with Crippen LogP contribution in [0.1, 0.15) is 11.9 Å². The lowest BCUT2D eigenvalue weighted by molar-refractivity contribution is -0.0832. The minimum atomic E-state index is -1.25. The zero-order chi connectivity index (χ0) is 15.1. The molecule has 0 aromatic carbocycles. The van der Waals surface area contributed by atoms with Gasteiger partial charge < -0.3 is 36.5 Å². The summed E-state index contributed by atoms with van der Waals surface area (Å²) in [5.41, 5.74) is 12.5. The van der Waals surface area contributed by atoms with Crippen LogP contribution in [0.4, 0.5) is 5.82 Å². The van der Waals surface area contributed by atoms with Gasteiger partial charge in [0, 0.05) is 0 Å². The van der Waals surface area contributed by atoms with E-state index in [-0.39, 0.29) is 11.6 Å². The van der Waals surface area contributed by atoms with Gasteiger partial charge in [-0.1, -0.05) is 0 Å². The van der Waals surface area contributed by atoms with Crippen molar-refractivity contribution in [1.82, 2.24) is 19.9 Å². The molecule has 1 aliphatic heterocycles. The number of rotatable bonds is 3. The van der Waals surface area contributed by atoms with Crippen molar-refractivity contribution in [3.63, 3.8) is 0 Å². The molecule has 2 aromatic rings.